The van der Waals surface area contributed by atoms with E-state index in [-0.39, 0.29) is 0 Å². The van der Waals surface area contributed by atoms with Gasteiger partial charge >= 0.3 is 0 Å². The van der Waals surface area contributed by atoms with Gasteiger partial charge in [-0.05, 0) is 31.8 Å². The Bertz CT molecular complexity index is 366. The predicted octanol–water partition coefficient (Wildman–Crippen LogP) is 3.25. The maximum Gasteiger partial charge on any atom is 0.176 e. The lowest BCUT2D eigenvalue weighted by Gasteiger charge is -2.17. The van der Waals surface area contributed by atoms with E-state index in [2.05, 4.69) is 40.5 Å². The zero-order valence-corrected chi connectivity index (χ0v) is 11.3. The molecule has 4 nitrogen and oxygen atoms in total. The Balaban J connectivity index is 2.73. The van der Waals surface area contributed by atoms with Crippen molar-refractivity contribution < 1.29 is 0 Å². The molecular formula is C13H22N4. The van der Waals surface area contributed by atoms with Crippen molar-refractivity contribution in [3.63, 3.8) is 0 Å². The molecule has 0 amide bonds. The van der Waals surface area contributed by atoms with E-state index in [4.69, 9.17) is 0 Å². The minimum atomic E-state index is 0.596. The van der Waals surface area contributed by atoms with Gasteiger partial charge in [0.2, 0.25) is 0 Å². The average Bonchev–Trinajstić information content (AvgIpc) is 2.70. The van der Waals surface area contributed by atoms with Crippen molar-refractivity contribution in [2.24, 2.45) is 21.1 Å². The molecule has 1 atom stereocenters. The highest BCUT2D eigenvalue weighted by Gasteiger charge is 2.18. The minimum Gasteiger partial charge on any atom is -0.374 e. The lowest BCUT2D eigenvalue weighted by molar-refractivity contribution is 0.410. The molecule has 0 N–H and O–H groups in total. The largest absolute Gasteiger partial charge is 0.374 e. The molecule has 1 unspecified atom stereocenters. The number of hydrogen-bond donors (Lipinski definition) is 0. The van der Waals surface area contributed by atoms with Crippen molar-refractivity contribution in [1.29, 1.82) is 0 Å². The van der Waals surface area contributed by atoms with Gasteiger partial charge in [-0.2, -0.15) is 5.11 Å². The Kier molecular flexibility index (Phi) is 5.07. The first-order valence-corrected chi connectivity index (χ1v) is 5.99. The molecule has 1 heterocycles. The summed E-state index contributed by atoms with van der Waals surface area (Å²) in [6.45, 7) is 12.3. The number of rotatable bonds is 3. The van der Waals surface area contributed by atoms with Crippen LogP contribution in [0.25, 0.3) is 0 Å². The summed E-state index contributed by atoms with van der Waals surface area (Å²) in [5.74, 6) is 1.37. The number of allylic oxidation sites excluding steroid dienone is 1. The summed E-state index contributed by atoms with van der Waals surface area (Å²) in [6, 6.07) is 0. The molecule has 0 aromatic heterocycles. The number of hydrogen-bond acceptors (Lipinski definition) is 3. The normalized spacial score (nSPS) is 22.6. The van der Waals surface area contributed by atoms with Crippen molar-refractivity contribution in [3.05, 3.63) is 24.0 Å². The van der Waals surface area contributed by atoms with Crippen LogP contribution in [0.2, 0.25) is 0 Å². The molecule has 0 aromatic carbocycles. The average molecular weight is 234 g/mol. The third kappa shape index (κ3) is 4.13. The summed E-state index contributed by atoms with van der Waals surface area (Å²) in [7, 11) is 1.64. The van der Waals surface area contributed by atoms with Crippen LogP contribution in [0.15, 0.2) is 39.3 Å². The Hall–Kier alpha value is -1.45. The highest BCUT2D eigenvalue weighted by Crippen LogP contribution is 2.19. The molecule has 0 bridgehead atoms. The smallest absolute Gasteiger partial charge is 0.176 e. The van der Waals surface area contributed by atoms with Gasteiger partial charge in [0.05, 0.1) is 0 Å². The van der Waals surface area contributed by atoms with E-state index in [9.17, 15) is 0 Å². The van der Waals surface area contributed by atoms with Gasteiger partial charge in [0.25, 0.3) is 0 Å². The first-order valence-electron chi connectivity index (χ1n) is 5.99. The van der Waals surface area contributed by atoms with Crippen LogP contribution in [0.4, 0.5) is 0 Å². The van der Waals surface area contributed by atoms with Crippen LogP contribution in [0.5, 0.6) is 0 Å². The number of amidine groups is 1. The molecule has 4 heteroatoms. The minimum absolute atomic E-state index is 0.596. The standard InChI is InChI=1S/C13H22N4/c1-10(2)13(16-14-5)15-8-12(4)17-7-6-11(3)9-17/h8,11H,1,6-7,9H2,2-5H3/b12-8+,15-13?,16-14?. The van der Waals surface area contributed by atoms with E-state index in [0.29, 0.717) is 5.84 Å². The monoisotopic (exact) mass is 234 g/mol. The molecule has 1 aliphatic heterocycles. The number of aliphatic imine (C=N–C) groups is 1. The Morgan fingerprint density at radius 2 is 2.12 bits per heavy atom. The van der Waals surface area contributed by atoms with Crippen molar-refractivity contribution >= 4 is 5.84 Å². The molecule has 1 saturated heterocycles. The summed E-state index contributed by atoms with van der Waals surface area (Å²) in [4.78, 5) is 6.69. The van der Waals surface area contributed by atoms with Gasteiger partial charge in [0, 0.05) is 32.0 Å². The highest BCUT2D eigenvalue weighted by atomic mass is 15.2. The SMILES string of the molecule is C=C(C)C(N=NC)=N/C=C(\C)N1CCC(C)C1. The molecular weight excluding hydrogens is 212 g/mol. The van der Waals surface area contributed by atoms with Crippen molar-refractivity contribution in [2.75, 3.05) is 20.1 Å². The Morgan fingerprint density at radius 1 is 1.41 bits per heavy atom. The Labute approximate surface area is 104 Å². The van der Waals surface area contributed by atoms with E-state index in [0.717, 1.165) is 24.6 Å². The van der Waals surface area contributed by atoms with Crippen molar-refractivity contribution in [3.8, 4) is 0 Å². The molecule has 0 aromatic rings. The lowest BCUT2D eigenvalue weighted by Crippen LogP contribution is -2.17. The molecule has 17 heavy (non-hydrogen) atoms. The topological polar surface area (TPSA) is 40.3 Å². The van der Waals surface area contributed by atoms with Crippen LogP contribution in [0.1, 0.15) is 27.2 Å². The molecule has 0 saturated carbocycles. The van der Waals surface area contributed by atoms with Crippen LogP contribution >= 0.6 is 0 Å². The lowest BCUT2D eigenvalue weighted by atomic mass is 10.2. The van der Waals surface area contributed by atoms with Gasteiger partial charge in [0.15, 0.2) is 5.84 Å². The second kappa shape index (κ2) is 6.33. The Morgan fingerprint density at radius 3 is 2.59 bits per heavy atom. The first-order chi connectivity index (χ1) is 8.04. The maximum atomic E-state index is 4.34. The zero-order valence-electron chi connectivity index (χ0n) is 11.3. The molecule has 1 fully saturated rings. The molecule has 0 aliphatic carbocycles. The van der Waals surface area contributed by atoms with E-state index in [1.807, 2.05) is 13.1 Å². The summed E-state index contributed by atoms with van der Waals surface area (Å²) >= 11 is 0. The van der Waals surface area contributed by atoms with Crippen molar-refractivity contribution in [1.82, 2.24) is 4.90 Å². The van der Waals surface area contributed by atoms with E-state index >= 15 is 0 Å². The fourth-order valence-corrected chi connectivity index (χ4v) is 1.81. The van der Waals surface area contributed by atoms with Gasteiger partial charge in [0.1, 0.15) is 0 Å². The van der Waals surface area contributed by atoms with Gasteiger partial charge in [-0.3, -0.25) is 0 Å². The van der Waals surface area contributed by atoms with Gasteiger partial charge in [-0.15, -0.1) is 5.11 Å². The maximum absolute atomic E-state index is 4.34. The fourth-order valence-electron chi connectivity index (χ4n) is 1.81. The van der Waals surface area contributed by atoms with Gasteiger partial charge in [-0.25, -0.2) is 4.99 Å². The highest BCUT2D eigenvalue weighted by molar-refractivity contribution is 5.97. The van der Waals surface area contributed by atoms with Crippen LogP contribution < -0.4 is 0 Å². The summed E-state index contributed by atoms with van der Waals surface area (Å²) in [6.07, 6.45) is 3.12. The molecule has 0 radical (unpaired) electrons. The third-order valence-corrected chi connectivity index (χ3v) is 2.87. The van der Waals surface area contributed by atoms with Crippen LogP contribution in [-0.4, -0.2) is 30.9 Å². The van der Waals surface area contributed by atoms with E-state index in [1.54, 1.807) is 7.05 Å². The summed E-state index contributed by atoms with van der Waals surface area (Å²) < 4.78 is 0. The summed E-state index contributed by atoms with van der Waals surface area (Å²) in [5.41, 5.74) is 2.01. The molecule has 0 spiro atoms. The third-order valence-electron chi connectivity index (χ3n) is 2.87. The summed E-state index contributed by atoms with van der Waals surface area (Å²) in [5, 5.41) is 7.68. The first kappa shape index (κ1) is 13.6. The van der Waals surface area contributed by atoms with Crippen LogP contribution in [0, 0.1) is 5.92 Å². The van der Waals surface area contributed by atoms with Gasteiger partial charge in [-0.1, -0.05) is 13.5 Å². The number of azo groups is 1. The molecule has 1 aliphatic rings. The quantitative estimate of drug-likeness (QED) is 0.420. The fraction of sp³-hybridized carbons (Fsp3) is 0.615. The zero-order chi connectivity index (χ0) is 12.8. The molecule has 94 valence electrons. The number of likely N-dealkylation sites (tertiary alicyclic amines) is 1. The second-order valence-electron chi connectivity index (χ2n) is 4.64. The van der Waals surface area contributed by atoms with Crippen LogP contribution in [0.3, 0.4) is 0 Å². The second-order valence-corrected chi connectivity index (χ2v) is 4.64. The van der Waals surface area contributed by atoms with E-state index < -0.39 is 0 Å². The van der Waals surface area contributed by atoms with Crippen LogP contribution in [-0.2, 0) is 0 Å². The van der Waals surface area contributed by atoms with E-state index in [1.165, 1.54) is 12.1 Å². The van der Waals surface area contributed by atoms with Gasteiger partial charge < -0.3 is 4.90 Å². The number of nitrogens with zero attached hydrogens (tertiary/aromatic N) is 4. The predicted molar refractivity (Wildman–Crippen MR) is 72.1 cm³/mol. The molecule has 1 rings (SSSR count). The van der Waals surface area contributed by atoms with Crippen molar-refractivity contribution in [2.45, 2.75) is 27.2 Å².